The predicted octanol–water partition coefficient (Wildman–Crippen LogP) is 5.56. The molecule has 1 saturated carbocycles. The zero-order chi connectivity index (χ0) is 26.6. The lowest BCUT2D eigenvalue weighted by Crippen LogP contribution is -2.51. The zero-order valence-corrected chi connectivity index (χ0v) is 22.4. The van der Waals surface area contributed by atoms with Crippen LogP contribution in [0, 0.1) is 11.8 Å². The number of aromatic amines is 1. The van der Waals surface area contributed by atoms with Gasteiger partial charge in [0, 0.05) is 41.3 Å². The van der Waals surface area contributed by atoms with Gasteiger partial charge in [-0.15, -0.1) is 0 Å². The lowest BCUT2D eigenvalue weighted by atomic mass is 9.81. The highest BCUT2D eigenvalue weighted by Crippen LogP contribution is 2.35. The SMILES string of the molecule is NCC1CCCC(CNC(=O)C2Cc3c([nH]c4ccccc34)CN2c2cccc(OCc3ccccc3)c2)C1. The van der Waals surface area contributed by atoms with Gasteiger partial charge in [-0.3, -0.25) is 4.79 Å². The number of nitrogens with zero attached hydrogens (tertiary/aromatic N) is 1. The molecule has 6 rings (SSSR count). The summed E-state index contributed by atoms with van der Waals surface area (Å²) in [5.74, 6) is 1.98. The van der Waals surface area contributed by atoms with Crippen LogP contribution in [0.2, 0.25) is 0 Å². The Hall–Kier alpha value is -3.77. The number of para-hydroxylation sites is 1. The topological polar surface area (TPSA) is 83.4 Å². The lowest BCUT2D eigenvalue weighted by Gasteiger charge is -2.37. The van der Waals surface area contributed by atoms with E-state index in [4.69, 9.17) is 10.5 Å². The smallest absolute Gasteiger partial charge is 0.243 e. The number of nitrogens with two attached hydrogens (primary N) is 1. The van der Waals surface area contributed by atoms with Crippen LogP contribution in [0.25, 0.3) is 10.9 Å². The fourth-order valence-electron chi connectivity index (χ4n) is 6.37. The molecule has 1 amide bonds. The van der Waals surface area contributed by atoms with Crippen LogP contribution in [0.15, 0.2) is 78.9 Å². The molecule has 2 heterocycles. The summed E-state index contributed by atoms with van der Waals surface area (Å²) in [6.45, 7) is 2.61. The Morgan fingerprint density at radius 3 is 2.69 bits per heavy atom. The zero-order valence-electron chi connectivity index (χ0n) is 22.4. The Kier molecular flexibility index (Phi) is 7.55. The monoisotopic (exact) mass is 522 g/mol. The molecule has 2 aliphatic rings. The van der Waals surface area contributed by atoms with Crippen molar-refractivity contribution in [3.8, 4) is 5.75 Å². The maximum absolute atomic E-state index is 13.8. The van der Waals surface area contributed by atoms with Crippen LogP contribution < -0.4 is 20.7 Å². The molecule has 6 heteroatoms. The normalized spacial score (nSPS) is 20.9. The van der Waals surface area contributed by atoms with E-state index in [0.29, 0.717) is 31.4 Å². The minimum atomic E-state index is -0.296. The minimum Gasteiger partial charge on any atom is -0.489 e. The number of rotatable bonds is 8. The summed E-state index contributed by atoms with van der Waals surface area (Å²) >= 11 is 0. The number of anilines is 1. The van der Waals surface area contributed by atoms with E-state index in [9.17, 15) is 4.79 Å². The Bertz CT molecular complexity index is 1420. The van der Waals surface area contributed by atoms with Gasteiger partial charge in [-0.25, -0.2) is 0 Å². The average molecular weight is 523 g/mol. The number of benzene rings is 3. The molecule has 6 nitrogen and oxygen atoms in total. The van der Waals surface area contributed by atoms with Gasteiger partial charge >= 0.3 is 0 Å². The highest BCUT2D eigenvalue weighted by molar-refractivity contribution is 5.90. The van der Waals surface area contributed by atoms with Crippen LogP contribution in [0.1, 0.15) is 42.5 Å². The number of carbonyl (C=O) groups is 1. The quantitative estimate of drug-likeness (QED) is 0.283. The molecule has 3 aromatic carbocycles. The van der Waals surface area contributed by atoms with E-state index >= 15 is 0 Å². The predicted molar refractivity (Wildman–Crippen MR) is 157 cm³/mol. The molecule has 0 saturated heterocycles. The van der Waals surface area contributed by atoms with Crippen LogP contribution in [0.3, 0.4) is 0 Å². The maximum atomic E-state index is 13.8. The summed E-state index contributed by atoms with van der Waals surface area (Å²) in [7, 11) is 0. The molecule has 4 N–H and O–H groups in total. The van der Waals surface area contributed by atoms with Crippen molar-refractivity contribution in [3.63, 3.8) is 0 Å². The van der Waals surface area contributed by atoms with Crippen LogP contribution in [-0.4, -0.2) is 30.0 Å². The Labute approximate surface area is 230 Å². The summed E-state index contributed by atoms with van der Waals surface area (Å²) in [6.07, 6.45) is 5.35. The van der Waals surface area contributed by atoms with Crippen LogP contribution in [0.4, 0.5) is 5.69 Å². The third kappa shape index (κ3) is 5.66. The van der Waals surface area contributed by atoms with Gasteiger partial charge < -0.3 is 25.7 Å². The molecule has 1 fully saturated rings. The number of fused-ring (bicyclic) bond motifs is 3. The highest BCUT2D eigenvalue weighted by atomic mass is 16.5. The molecule has 4 aromatic rings. The Morgan fingerprint density at radius 1 is 1.00 bits per heavy atom. The fraction of sp³-hybridized carbons (Fsp3) is 0.364. The second-order valence-corrected chi connectivity index (χ2v) is 11.1. The van der Waals surface area contributed by atoms with E-state index in [1.165, 1.54) is 35.9 Å². The van der Waals surface area contributed by atoms with Gasteiger partial charge in [0.1, 0.15) is 18.4 Å². The van der Waals surface area contributed by atoms with Crippen molar-refractivity contribution in [1.29, 1.82) is 0 Å². The van der Waals surface area contributed by atoms with Crippen LogP contribution >= 0.6 is 0 Å². The van der Waals surface area contributed by atoms with Gasteiger partial charge in [0.25, 0.3) is 0 Å². The first-order valence-corrected chi connectivity index (χ1v) is 14.3. The maximum Gasteiger partial charge on any atom is 0.243 e. The number of ether oxygens (including phenoxy) is 1. The molecular weight excluding hydrogens is 484 g/mol. The number of nitrogens with one attached hydrogen (secondary N) is 2. The molecule has 0 radical (unpaired) electrons. The van der Waals surface area contributed by atoms with E-state index in [1.807, 2.05) is 30.3 Å². The van der Waals surface area contributed by atoms with Crippen molar-refractivity contribution in [2.45, 2.75) is 51.3 Å². The molecule has 3 atom stereocenters. The molecule has 202 valence electrons. The van der Waals surface area contributed by atoms with Crippen LogP contribution in [-0.2, 0) is 24.4 Å². The van der Waals surface area contributed by atoms with Gasteiger partial charge in [-0.2, -0.15) is 0 Å². The standard InChI is InChI=1S/C33H38N4O2/c34-19-24-10-6-11-25(16-24)20-35-33(38)32-18-29-28-14-4-5-15-30(28)36-31(29)21-37(32)26-12-7-13-27(17-26)39-22-23-8-2-1-3-9-23/h1-5,7-9,12-15,17,24-25,32,36H,6,10-11,16,18-22,34H2,(H,35,38). The second kappa shape index (κ2) is 11.5. The van der Waals surface area contributed by atoms with Crippen molar-refractivity contribution >= 4 is 22.5 Å². The number of H-pyrrole nitrogens is 1. The Balaban J connectivity index is 1.24. The summed E-state index contributed by atoms with van der Waals surface area (Å²) in [5.41, 5.74) is 11.6. The van der Waals surface area contributed by atoms with Gasteiger partial charge in [0.15, 0.2) is 0 Å². The molecule has 0 spiro atoms. The molecular formula is C33H38N4O2. The molecule has 1 aliphatic carbocycles. The summed E-state index contributed by atoms with van der Waals surface area (Å²) in [6, 6.07) is 26.4. The van der Waals surface area contributed by atoms with E-state index in [2.05, 4.69) is 63.7 Å². The van der Waals surface area contributed by atoms with E-state index in [-0.39, 0.29) is 11.9 Å². The van der Waals surface area contributed by atoms with E-state index < -0.39 is 0 Å². The van der Waals surface area contributed by atoms with E-state index in [1.54, 1.807) is 0 Å². The van der Waals surface area contributed by atoms with Crippen molar-refractivity contribution in [1.82, 2.24) is 10.3 Å². The molecule has 1 aromatic heterocycles. The first kappa shape index (κ1) is 25.5. The number of hydrogen-bond acceptors (Lipinski definition) is 4. The number of amides is 1. The molecule has 1 aliphatic heterocycles. The number of carbonyl (C=O) groups excluding carboxylic acids is 1. The molecule has 0 bridgehead atoms. The van der Waals surface area contributed by atoms with Crippen molar-refractivity contribution < 1.29 is 9.53 Å². The third-order valence-corrected chi connectivity index (χ3v) is 8.49. The van der Waals surface area contributed by atoms with E-state index in [0.717, 1.165) is 42.0 Å². The van der Waals surface area contributed by atoms with Gasteiger partial charge in [-0.05, 0) is 67.0 Å². The van der Waals surface area contributed by atoms with Gasteiger partial charge in [0.2, 0.25) is 5.91 Å². The van der Waals surface area contributed by atoms with Gasteiger partial charge in [-0.1, -0.05) is 61.0 Å². The summed E-state index contributed by atoms with van der Waals surface area (Å²) < 4.78 is 6.14. The number of hydrogen-bond donors (Lipinski definition) is 3. The fourth-order valence-corrected chi connectivity index (χ4v) is 6.37. The van der Waals surface area contributed by atoms with Crippen molar-refractivity contribution in [2.24, 2.45) is 17.6 Å². The molecule has 39 heavy (non-hydrogen) atoms. The average Bonchev–Trinajstić information content (AvgIpc) is 3.36. The Morgan fingerprint density at radius 2 is 1.82 bits per heavy atom. The van der Waals surface area contributed by atoms with Crippen molar-refractivity contribution in [2.75, 3.05) is 18.0 Å². The number of aromatic nitrogens is 1. The second-order valence-electron chi connectivity index (χ2n) is 11.1. The van der Waals surface area contributed by atoms with Crippen LogP contribution in [0.5, 0.6) is 5.75 Å². The van der Waals surface area contributed by atoms with Crippen molar-refractivity contribution in [3.05, 3.63) is 95.7 Å². The highest BCUT2D eigenvalue weighted by Gasteiger charge is 2.34. The summed E-state index contributed by atoms with van der Waals surface area (Å²) in [4.78, 5) is 19.7. The first-order chi connectivity index (χ1) is 19.2. The summed E-state index contributed by atoms with van der Waals surface area (Å²) in [5, 5.41) is 4.55. The minimum absolute atomic E-state index is 0.0939. The molecule has 3 unspecified atom stereocenters. The largest absolute Gasteiger partial charge is 0.489 e. The van der Waals surface area contributed by atoms with Gasteiger partial charge in [0.05, 0.1) is 6.54 Å². The lowest BCUT2D eigenvalue weighted by molar-refractivity contribution is -0.122. The third-order valence-electron chi connectivity index (χ3n) is 8.49. The first-order valence-electron chi connectivity index (χ1n) is 14.3.